The van der Waals surface area contributed by atoms with Gasteiger partial charge in [0.15, 0.2) is 0 Å². The van der Waals surface area contributed by atoms with E-state index in [1.54, 1.807) is 25.1 Å². The Kier molecular flexibility index (Phi) is 6.79. The summed E-state index contributed by atoms with van der Waals surface area (Å²) >= 11 is 0. The van der Waals surface area contributed by atoms with Gasteiger partial charge < -0.3 is 14.4 Å². The number of hydrogen-bond donors (Lipinski definition) is 0. The summed E-state index contributed by atoms with van der Waals surface area (Å²) in [4.78, 5) is 13.4. The zero-order chi connectivity index (χ0) is 11.8. The Bertz CT molecular complexity index is 204. The minimum Gasteiger partial charge on any atom is -0.464 e. The number of hydrogen-bond acceptors (Lipinski definition) is 4. The van der Waals surface area contributed by atoms with E-state index < -0.39 is 0 Å². The highest BCUT2D eigenvalue weighted by molar-refractivity contribution is 5.76. The predicted octanol–water partition coefficient (Wildman–Crippen LogP) is 1.62. The standard InChI is InChI=1S/C11H21NO3/c1-6-12(8-14-5)10(9(3)4)11(13)15-7-2/h6,9-10H,1,7-8H2,2-5H3. The Morgan fingerprint density at radius 2 is 2.13 bits per heavy atom. The maximum atomic E-state index is 11.7. The van der Waals surface area contributed by atoms with Gasteiger partial charge in [-0.2, -0.15) is 0 Å². The van der Waals surface area contributed by atoms with Gasteiger partial charge in [-0.3, -0.25) is 0 Å². The molecule has 0 aliphatic carbocycles. The van der Waals surface area contributed by atoms with E-state index in [2.05, 4.69) is 6.58 Å². The molecule has 0 spiro atoms. The number of esters is 1. The second-order valence-corrected chi connectivity index (χ2v) is 3.56. The lowest BCUT2D eigenvalue weighted by Gasteiger charge is -2.30. The van der Waals surface area contributed by atoms with Gasteiger partial charge >= 0.3 is 5.97 Å². The molecule has 4 heteroatoms. The van der Waals surface area contributed by atoms with Crippen LogP contribution in [-0.4, -0.2) is 37.4 Å². The molecule has 0 saturated carbocycles. The summed E-state index contributed by atoms with van der Waals surface area (Å²) in [6.07, 6.45) is 1.60. The first kappa shape index (κ1) is 14.0. The van der Waals surface area contributed by atoms with Crippen LogP contribution < -0.4 is 0 Å². The first-order valence-electron chi connectivity index (χ1n) is 5.12. The molecule has 0 aromatic heterocycles. The molecule has 88 valence electrons. The van der Waals surface area contributed by atoms with Crippen molar-refractivity contribution in [3.05, 3.63) is 12.8 Å². The van der Waals surface area contributed by atoms with Crippen molar-refractivity contribution in [3.8, 4) is 0 Å². The van der Waals surface area contributed by atoms with E-state index in [0.717, 1.165) is 0 Å². The van der Waals surface area contributed by atoms with Crippen LogP contribution in [0.3, 0.4) is 0 Å². The smallest absolute Gasteiger partial charge is 0.329 e. The molecule has 0 heterocycles. The fourth-order valence-corrected chi connectivity index (χ4v) is 1.41. The van der Waals surface area contributed by atoms with E-state index in [4.69, 9.17) is 9.47 Å². The van der Waals surface area contributed by atoms with E-state index in [0.29, 0.717) is 13.3 Å². The monoisotopic (exact) mass is 215 g/mol. The zero-order valence-electron chi connectivity index (χ0n) is 10.0. The minimum atomic E-state index is -0.331. The van der Waals surface area contributed by atoms with Gasteiger partial charge in [-0.25, -0.2) is 4.79 Å². The van der Waals surface area contributed by atoms with E-state index >= 15 is 0 Å². The molecule has 0 aliphatic rings. The molecule has 4 nitrogen and oxygen atoms in total. The Labute approximate surface area is 91.8 Å². The molecule has 0 aromatic carbocycles. The van der Waals surface area contributed by atoms with Crippen LogP contribution >= 0.6 is 0 Å². The molecule has 0 rings (SSSR count). The van der Waals surface area contributed by atoms with Gasteiger partial charge in [0.1, 0.15) is 12.8 Å². The summed E-state index contributed by atoms with van der Waals surface area (Å²) < 4.78 is 10.0. The number of nitrogens with zero attached hydrogens (tertiary/aromatic N) is 1. The lowest BCUT2D eigenvalue weighted by Crippen LogP contribution is -2.43. The first-order chi connectivity index (χ1) is 7.08. The lowest BCUT2D eigenvalue weighted by atomic mass is 10.0. The zero-order valence-corrected chi connectivity index (χ0v) is 10.0. The van der Waals surface area contributed by atoms with Crippen LogP contribution in [0.4, 0.5) is 0 Å². The molecule has 0 bridgehead atoms. The Morgan fingerprint density at radius 3 is 2.47 bits per heavy atom. The first-order valence-corrected chi connectivity index (χ1v) is 5.12. The fraction of sp³-hybridized carbons (Fsp3) is 0.727. The molecule has 0 amide bonds. The SMILES string of the molecule is C=CN(COC)C(C(=O)OCC)C(C)C. The van der Waals surface area contributed by atoms with Crippen LogP contribution in [0.25, 0.3) is 0 Å². The average molecular weight is 215 g/mol. The van der Waals surface area contributed by atoms with E-state index in [1.165, 1.54) is 0 Å². The van der Waals surface area contributed by atoms with Gasteiger partial charge in [0.05, 0.1) is 6.61 Å². The average Bonchev–Trinajstić information content (AvgIpc) is 2.16. The van der Waals surface area contributed by atoms with Crippen LogP contribution in [0.2, 0.25) is 0 Å². The molecule has 1 atom stereocenters. The van der Waals surface area contributed by atoms with Crippen molar-refractivity contribution in [1.29, 1.82) is 0 Å². The van der Waals surface area contributed by atoms with Gasteiger partial charge in [0.2, 0.25) is 0 Å². The third-order valence-corrected chi connectivity index (χ3v) is 2.03. The number of carbonyl (C=O) groups is 1. The largest absolute Gasteiger partial charge is 0.464 e. The van der Waals surface area contributed by atoms with Crippen molar-refractivity contribution in [2.24, 2.45) is 5.92 Å². The highest BCUT2D eigenvalue weighted by Gasteiger charge is 2.27. The third kappa shape index (κ3) is 4.34. The van der Waals surface area contributed by atoms with Crippen molar-refractivity contribution in [2.75, 3.05) is 20.4 Å². The quantitative estimate of drug-likeness (QED) is 0.478. The maximum Gasteiger partial charge on any atom is 0.329 e. The predicted molar refractivity (Wildman–Crippen MR) is 59.2 cm³/mol. The van der Waals surface area contributed by atoms with Crippen molar-refractivity contribution in [3.63, 3.8) is 0 Å². The molecular formula is C11H21NO3. The van der Waals surface area contributed by atoms with Crippen LogP contribution in [0.5, 0.6) is 0 Å². The highest BCUT2D eigenvalue weighted by Crippen LogP contribution is 2.13. The minimum absolute atomic E-state index is 0.150. The number of ether oxygens (including phenoxy) is 2. The lowest BCUT2D eigenvalue weighted by molar-refractivity contribution is -0.152. The summed E-state index contributed by atoms with van der Waals surface area (Å²) in [7, 11) is 1.58. The van der Waals surface area contributed by atoms with Crippen molar-refractivity contribution in [2.45, 2.75) is 26.8 Å². The topological polar surface area (TPSA) is 38.8 Å². The van der Waals surface area contributed by atoms with Crippen molar-refractivity contribution >= 4 is 5.97 Å². The highest BCUT2D eigenvalue weighted by atomic mass is 16.5. The van der Waals surface area contributed by atoms with Crippen molar-refractivity contribution < 1.29 is 14.3 Å². The van der Waals surface area contributed by atoms with Gasteiger partial charge in [-0.05, 0) is 19.0 Å². The number of carbonyl (C=O) groups excluding carboxylic acids is 1. The van der Waals surface area contributed by atoms with Crippen LogP contribution in [0.1, 0.15) is 20.8 Å². The number of methoxy groups -OCH3 is 1. The third-order valence-electron chi connectivity index (χ3n) is 2.03. The molecule has 15 heavy (non-hydrogen) atoms. The Hall–Kier alpha value is -1.03. The summed E-state index contributed by atoms with van der Waals surface area (Å²) in [6.45, 7) is 10.1. The van der Waals surface area contributed by atoms with E-state index in [9.17, 15) is 4.79 Å². The molecule has 1 unspecified atom stereocenters. The Balaban J connectivity index is 4.60. The maximum absolute atomic E-state index is 11.7. The van der Waals surface area contributed by atoms with Crippen molar-refractivity contribution in [1.82, 2.24) is 4.90 Å². The second kappa shape index (κ2) is 7.29. The van der Waals surface area contributed by atoms with Crippen LogP contribution in [-0.2, 0) is 14.3 Å². The summed E-state index contributed by atoms with van der Waals surface area (Å²) in [5, 5.41) is 0. The number of rotatable bonds is 7. The normalized spacial score (nSPS) is 12.3. The molecule has 0 N–H and O–H groups in total. The molecule has 0 aliphatic heterocycles. The molecule has 0 radical (unpaired) electrons. The molecule has 0 fully saturated rings. The van der Waals surface area contributed by atoms with Gasteiger partial charge in [-0.15, -0.1) is 0 Å². The fourth-order valence-electron chi connectivity index (χ4n) is 1.41. The van der Waals surface area contributed by atoms with Gasteiger partial charge in [0, 0.05) is 7.11 Å². The Morgan fingerprint density at radius 1 is 1.53 bits per heavy atom. The molecule has 0 saturated heterocycles. The van der Waals surface area contributed by atoms with E-state index in [-0.39, 0.29) is 17.9 Å². The van der Waals surface area contributed by atoms with Gasteiger partial charge in [-0.1, -0.05) is 20.4 Å². The second-order valence-electron chi connectivity index (χ2n) is 3.56. The molecular weight excluding hydrogens is 194 g/mol. The summed E-state index contributed by atoms with van der Waals surface area (Å²) in [5.41, 5.74) is 0. The van der Waals surface area contributed by atoms with E-state index in [1.807, 2.05) is 13.8 Å². The van der Waals surface area contributed by atoms with Crippen LogP contribution in [0, 0.1) is 5.92 Å². The summed E-state index contributed by atoms with van der Waals surface area (Å²) in [5.74, 6) is -0.0818. The van der Waals surface area contributed by atoms with Crippen LogP contribution in [0.15, 0.2) is 12.8 Å². The summed E-state index contributed by atoms with van der Waals surface area (Å²) in [6, 6.07) is -0.331. The molecule has 0 aromatic rings. The van der Waals surface area contributed by atoms with Gasteiger partial charge in [0.25, 0.3) is 0 Å².